The number of β-lactam (4-membered cyclic amide) rings is 1. The van der Waals surface area contributed by atoms with E-state index in [9.17, 15) is 9.59 Å². The Bertz CT molecular complexity index is 1000. The number of thioether (sulfide) groups is 1. The number of rotatable bonds is 2. The molecular formula is C18H15N3O3S. The number of nitrogens with zero attached hydrogens (tertiary/aromatic N) is 3. The van der Waals surface area contributed by atoms with Gasteiger partial charge in [0.05, 0.1) is 17.1 Å². The zero-order valence-electron chi connectivity index (χ0n) is 13.3. The van der Waals surface area contributed by atoms with Crippen LogP contribution in [0.25, 0.3) is 17.1 Å². The topological polar surface area (TPSA) is 75.4 Å². The van der Waals surface area contributed by atoms with E-state index >= 15 is 0 Å². The molecule has 1 N–H and O–H groups in total. The van der Waals surface area contributed by atoms with Crippen molar-refractivity contribution in [2.75, 3.05) is 5.75 Å². The third-order valence-corrected chi connectivity index (χ3v) is 6.03. The Morgan fingerprint density at radius 3 is 3.12 bits per heavy atom. The normalized spacial score (nSPS) is 23.4. The number of carbonyl (C=O) groups is 2. The molecule has 6 nitrogen and oxygen atoms in total. The second-order valence-electron chi connectivity index (χ2n) is 6.42. The minimum Gasteiger partial charge on any atom is -0.477 e. The Morgan fingerprint density at radius 1 is 1.40 bits per heavy atom. The van der Waals surface area contributed by atoms with E-state index in [1.54, 1.807) is 17.8 Å². The summed E-state index contributed by atoms with van der Waals surface area (Å²) in [6.07, 6.45) is 5.21. The van der Waals surface area contributed by atoms with Crippen LogP contribution in [0, 0.1) is 0 Å². The predicted octanol–water partition coefficient (Wildman–Crippen LogP) is 2.50. The first-order valence-electron chi connectivity index (χ1n) is 8.25. The van der Waals surface area contributed by atoms with E-state index in [-0.39, 0.29) is 17.6 Å². The second-order valence-corrected chi connectivity index (χ2v) is 7.48. The minimum atomic E-state index is -1.04. The second kappa shape index (κ2) is 5.23. The van der Waals surface area contributed by atoms with Gasteiger partial charge in [0.15, 0.2) is 5.16 Å². The first-order chi connectivity index (χ1) is 12.1. The molecule has 4 heterocycles. The maximum absolute atomic E-state index is 12.3. The van der Waals surface area contributed by atoms with Gasteiger partial charge >= 0.3 is 5.97 Å². The molecule has 3 aliphatic heterocycles. The highest BCUT2D eigenvalue weighted by Gasteiger charge is 2.48. The molecule has 1 aromatic carbocycles. The molecule has 0 spiro atoms. The molecule has 25 heavy (non-hydrogen) atoms. The van der Waals surface area contributed by atoms with Crippen molar-refractivity contribution in [2.45, 2.75) is 30.6 Å². The molecule has 3 aliphatic rings. The van der Waals surface area contributed by atoms with Crippen molar-refractivity contribution in [1.29, 1.82) is 0 Å². The predicted molar refractivity (Wildman–Crippen MR) is 94.0 cm³/mol. The number of benzene rings is 1. The van der Waals surface area contributed by atoms with E-state index in [0.29, 0.717) is 12.0 Å². The SMILES string of the molecule is O=C(O)C1=CCC2C(=Cc3ccc4nc5n(c4c3)CCCS5)C(=O)N12. The highest BCUT2D eigenvalue weighted by Crippen LogP contribution is 2.39. The lowest BCUT2D eigenvalue weighted by Gasteiger charge is -2.38. The fraction of sp³-hybridized carbons (Fsp3) is 0.278. The highest BCUT2D eigenvalue weighted by atomic mass is 32.2. The third-order valence-electron chi connectivity index (χ3n) is 4.97. The molecule has 0 radical (unpaired) electrons. The van der Waals surface area contributed by atoms with Gasteiger partial charge in [-0.15, -0.1) is 0 Å². The molecule has 2 aromatic rings. The summed E-state index contributed by atoms with van der Waals surface area (Å²) in [6, 6.07) is 5.89. The number of aromatic nitrogens is 2. The van der Waals surface area contributed by atoms with Gasteiger partial charge in [0.2, 0.25) is 0 Å². The van der Waals surface area contributed by atoms with Crippen LogP contribution >= 0.6 is 11.8 Å². The van der Waals surface area contributed by atoms with Crippen LogP contribution in [0.5, 0.6) is 0 Å². The molecule has 0 saturated carbocycles. The van der Waals surface area contributed by atoms with Gasteiger partial charge in [-0.25, -0.2) is 9.78 Å². The smallest absolute Gasteiger partial charge is 0.352 e. The van der Waals surface area contributed by atoms with Gasteiger partial charge in [0.1, 0.15) is 5.70 Å². The summed E-state index contributed by atoms with van der Waals surface area (Å²) < 4.78 is 2.24. The van der Waals surface area contributed by atoms with Crippen LogP contribution in [0.2, 0.25) is 0 Å². The van der Waals surface area contributed by atoms with Crippen molar-refractivity contribution >= 4 is 40.7 Å². The lowest BCUT2D eigenvalue weighted by Crippen LogP contribution is -2.52. The monoisotopic (exact) mass is 353 g/mol. The van der Waals surface area contributed by atoms with Crippen LogP contribution in [0.15, 0.2) is 40.7 Å². The summed E-state index contributed by atoms with van der Waals surface area (Å²) in [4.78, 5) is 29.5. The van der Waals surface area contributed by atoms with Gasteiger partial charge in [0.25, 0.3) is 5.91 Å². The molecule has 1 saturated heterocycles. The van der Waals surface area contributed by atoms with E-state index < -0.39 is 5.97 Å². The average Bonchev–Trinajstić information content (AvgIpc) is 3.18. The van der Waals surface area contributed by atoms with Crippen molar-refractivity contribution in [2.24, 2.45) is 0 Å². The highest BCUT2D eigenvalue weighted by molar-refractivity contribution is 7.99. The van der Waals surface area contributed by atoms with Crippen LogP contribution in [0.3, 0.4) is 0 Å². The number of amides is 1. The van der Waals surface area contributed by atoms with E-state index in [1.165, 1.54) is 4.90 Å². The van der Waals surface area contributed by atoms with Gasteiger partial charge in [-0.2, -0.15) is 0 Å². The molecule has 0 aliphatic carbocycles. The largest absolute Gasteiger partial charge is 0.477 e. The first kappa shape index (κ1) is 14.8. The zero-order chi connectivity index (χ0) is 17.1. The molecule has 126 valence electrons. The molecule has 1 atom stereocenters. The molecule has 7 heteroatoms. The van der Waals surface area contributed by atoms with Crippen molar-refractivity contribution in [3.8, 4) is 0 Å². The fourth-order valence-electron chi connectivity index (χ4n) is 3.78. The number of aryl methyl sites for hydroxylation is 1. The summed E-state index contributed by atoms with van der Waals surface area (Å²) in [7, 11) is 0. The lowest BCUT2D eigenvalue weighted by atomic mass is 9.92. The Balaban J connectivity index is 1.50. The lowest BCUT2D eigenvalue weighted by molar-refractivity contribution is -0.142. The van der Waals surface area contributed by atoms with E-state index in [4.69, 9.17) is 5.11 Å². The Labute approximate surface area is 147 Å². The van der Waals surface area contributed by atoms with Crippen molar-refractivity contribution in [3.05, 3.63) is 41.1 Å². The van der Waals surface area contributed by atoms with Gasteiger partial charge in [-0.05, 0) is 36.6 Å². The third kappa shape index (κ3) is 2.08. The molecule has 0 bridgehead atoms. The van der Waals surface area contributed by atoms with E-state index in [1.807, 2.05) is 18.2 Å². The van der Waals surface area contributed by atoms with Crippen LogP contribution < -0.4 is 0 Å². The van der Waals surface area contributed by atoms with E-state index in [2.05, 4.69) is 15.6 Å². The fourth-order valence-corrected chi connectivity index (χ4v) is 4.74. The number of carbonyl (C=O) groups excluding carboxylic acids is 1. The molecule has 1 amide bonds. The number of fused-ring (bicyclic) bond motifs is 4. The molecule has 1 aromatic heterocycles. The Kier molecular flexibility index (Phi) is 3.09. The summed E-state index contributed by atoms with van der Waals surface area (Å²) in [5.74, 6) is -0.146. The van der Waals surface area contributed by atoms with Crippen molar-refractivity contribution in [1.82, 2.24) is 14.5 Å². The van der Waals surface area contributed by atoms with Gasteiger partial charge in [0, 0.05) is 17.9 Å². The van der Waals surface area contributed by atoms with Crippen LogP contribution in [0.4, 0.5) is 0 Å². The van der Waals surface area contributed by atoms with Gasteiger partial charge in [-0.3, -0.25) is 9.69 Å². The molecule has 1 unspecified atom stereocenters. The first-order valence-corrected chi connectivity index (χ1v) is 9.24. The van der Waals surface area contributed by atoms with Gasteiger partial charge in [-0.1, -0.05) is 23.9 Å². The summed E-state index contributed by atoms with van der Waals surface area (Å²) in [5, 5.41) is 10.2. The van der Waals surface area contributed by atoms with Gasteiger partial charge < -0.3 is 9.67 Å². The Morgan fingerprint density at radius 2 is 2.28 bits per heavy atom. The van der Waals surface area contributed by atoms with Crippen LogP contribution in [-0.4, -0.2) is 43.2 Å². The minimum absolute atomic E-state index is 0.101. The molecule has 5 rings (SSSR count). The van der Waals surface area contributed by atoms with Crippen LogP contribution in [-0.2, 0) is 16.1 Å². The maximum Gasteiger partial charge on any atom is 0.352 e. The van der Waals surface area contributed by atoms with Crippen molar-refractivity contribution in [3.63, 3.8) is 0 Å². The number of hydrogen-bond donors (Lipinski definition) is 1. The Hall–Kier alpha value is -2.54. The number of carboxylic acids is 1. The van der Waals surface area contributed by atoms with Crippen molar-refractivity contribution < 1.29 is 14.7 Å². The average molecular weight is 353 g/mol. The number of aliphatic carboxylic acids is 1. The quantitative estimate of drug-likeness (QED) is 0.663. The number of carboxylic acid groups (broad SMARTS) is 1. The summed E-state index contributed by atoms with van der Waals surface area (Å²) in [6.45, 7) is 0.972. The summed E-state index contributed by atoms with van der Waals surface area (Å²) in [5.41, 5.74) is 3.81. The maximum atomic E-state index is 12.3. The molecule has 1 fully saturated rings. The standard InChI is InChI=1S/C18H15N3O3S/c22-16-11(13-4-5-14(17(23)24)21(13)16)8-10-2-3-12-15(9-10)20-6-1-7-25-18(20)19-12/h2-3,5,8-9,13H,1,4,6-7H2,(H,23,24). The number of hydrogen-bond acceptors (Lipinski definition) is 4. The van der Waals surface area contributed by atoms with Crippen LogP contribution in [0.1, 0.15) is 18.4 Å². The molecular weight excluding hydrogens is 338 g/mol. The summed E-state index contributed by atoms with van der Waals surface area (Å²) >= 11 is 1.78. The zero-order valence-corrected chi connectivity index (χ0v) is 14.1. The van der Waals surface area contributed by atoms with E-state index in [0.717, 1.165) is 40.5 Å². The number of imidazole rings is 1.